The molecule has 1 heterocycles. The number of para-hydroxylation sites is 1. The summed E-state index contributed by atoms with van der Waals surface area (Å²) in [5, 5.41) is 2.97. The summed E-state index contributed by atoms with van der Waals surface area (Å²) in [6.45, 7) is 6.08. The van der Waals surface area contributed by atoms with E-state index in [0.29, 0.717) is 0 Å². The van der Waals surface area contributed by atoms with Gasteiger partial charge in [-0.25, -0.2) is 4.79 Å². The molecule has 2 rings (SSSR count). The van der Waals surface area contributed by atoms with Gasteiger partial charge in [0, 0.05) is 17.8 Å². The Morgan fingerprint density at radius 3 is 2.82 bits per heavy atom. The Balaban J connectivity index is 2.29. The van der Waals surface area contributed by atoms with Crippen LogP contribution < -0.4 is 10.2 Å². The molecule has 2 amide bonds. The van der Waals surface area contributed by atoms with E-state index in [1.54, 1.807) is 0 Å². The molecular weight excluding hydrogens is 212 g/mol. The summed E-state index contributed by atoms with van der Waals surface area (Å²) in [6.07, 6.45) is 2.09. The first-order valence-corrected chi connectivity index (χ1v) is 6.27. The lowest BCUT2D eigenvalue weighted by molar-refractivity contribution is 0.241. The van der Waals surface area contributed by atoms with Gasteiger partial charge in [-0.3, -0.25) is 4.90 Å². The Morgan fingerprint density at radius 1 is 1.41 bits per heavy atom. The van der Waals surface area contributed by atoms with E-state index in [1.165, 1.54) is 5.56 Å². The molecule has 0 aliphatic carbocycles. The summed E-state index contributed by atoms with van der Waals surface area (Å²) in [5.41, 5.74) is 2.33. The summed E-state index contributed by atoms with van der Waals surface area (Å²) in [5.74, 6) is 0. The topological polar surface area (TPSA) is 32.3 Å². The number of carbonyl (C=O) groups is 1. The van der Waals surface area contributed by atoms with Crippen molar-refractivity contribution in [3.05, 3.63) is 29.8 Å². The number of benzene rings is 1. The normalized spacial score (nSPS) is 19.1. The van der Waals surface area contributed by atoms with Crippen LogP contribution in [-0.2, 0) is 6.42 Å². The molecule has 1 aliphatic rings. The van der Waals surface area contributed by atoms with Crippen molar-refractivity contribution in [1.82, 2.24) is 5.32 Å². The van der Waals surface area contributed by atoms with E-state index in [0.717, 1.165) is 18.5 Å². The van der Waals surface area contributed by atoms with Gasteiger partial charge in [-0.05, 0) is 45.2 Å². The number of anilines is 1. The van der Waals surface area contributed by atoms with Crippen molar-refractivity contribution < 1.29 is 4.79 Å². The molecule has 3 nitrogen and oxygen atoms in total. The van der Waals surface area contributed by atoms with Gasteiger partial charge in [0.2, 0.25) is 0 Å². The Hall–Kier alpha value is -1.51. The molecule has 1 aromatic rings. The zero-order chi connectivity index (χ0) is 12.4. The quantitative estimate of drug-likeness (QED) is 0.793. The predicted molar refractivity (Wildman–Crippen MR) is 70.4 cm³/mol. The summed E-state index contributed by atoms with van der Waals surface area (Å²) in [7, 11) is 0. The number of rotatable bonds is 1. The lowest BCUT2D eigenvalue weighted by Crippen LogP contribution is -2.49. The van der Waals surface area contributed by atoms with Gasteiger partial charge in [0.15, 0.2) is 0 Å². The molecule has 17 heavy (non-hydrogen) atoms. The van der Waals surface area contributed by atoms with Crippen LogP contribution in [0.25, 0.3) is 0 Å². The number of fused-ring (bicyclic) bond motifs is 1. The second-order valence-electron chi connectivity index (χ2n) is 4.99. The highest BCUT2D eigenvalue weighted by Crippen LogP contribution is 2.30. The molecule has 0 bridgehead atoms. The van der Waals surface area contributed by atoms with Gasteiger partial charge >= 0.3 is 6.03 Å². The standard InChI is InChI=1S/C14H20N2O/c1-10(2)15-14(17)16-11(3)8-9-12-6-4-5-7-13(12)16/h4-7,10-11H,8-9H2,1-3H3,(H,15,17). The van der Waals surface area contributed by atoms with E-state index in [2.05, 4.69) is 18.3 Å². The van der Waals surface area contributed by atoms with E-state index in [9.17, 15) is 4.79 Å². The van der Waals surface area contributed by atoms with E-state index >= 15 is 0 Å². The predicted octanol–water partition coefficient (Wildman–Crippen LogP) is 2.95. The maximum atomic E-state index is 12.2. The third-order valence-corrected chi connectivity index (χ3v) is 3.15. The minimum Gasteiger partial charge on any atom is -0.336 e. The van der Waals surface area contributed by atoms with Gasteiger partial charge in [0.1, 0.15) is 0 Å². The molecule has 0 saturated carbocycles. The van der Waals surface area contributed by atoms with Crippen molar-refractivity contribution in [3.8, 4) is 0 Å². The Bertz CT molecular complexity index is 414. The Kier molecular flexibility index (Phi) is 3.36. The van der Waals surface area contributed by atoms with Gasteiger partial charge in [0.05, 0.1) is 0 Å². The summed E-state index contributed by atoms with van der Waals surface area (Å²) in [4.78, 5) is 14.1. The number of aryl methyl sites for hydroxylation is 1. The van der Waals surface area contributed by atoms with Crippen molar-refractivity contribution in [2.45, 2.75) is 45.7 Å². The summed E-state index contributed by atoms with van der Waals surface area (Å²) >= 11 is 0. The summed E-state index contributed by atoms with van der Waals surface area (Å²) < 4.78 is 0. The Labute approximate surface area is 103 Å². The molecular formula is C14H20N2O. The van der Waals surface area contributed by atoms with Gasteiger partial charge in [-0.15, -0.1) is 0 Å². The number of hydrogen-bond donors (Lipinski definition) is 1. The summed E-state index contributed by atoms with van der Waals surface area (Å²) in [6, 6.07) is 8.62. The molecule has 0 aromatic heterocycles. The molecule has 0 radical (unpaired) electrons. The number of amides is 2. The molecule has 1 aliphatic heterocycles. The molecule has 0 spiro atoms. The molecule has 3 heteroatoms. The van der Waals surface area contributed by atoms with E-state index < -0.39 is 0 Å². The number of nitrogens with one attached hydrogen (secondary N) is 1. The fourth-order valence-corrected chi connectivity index (χ4v) is 2.31. The number of nitrogens with zero attached hydrogens (tertiary/aromatic N) is 1. The average Bonchev–Trinajstić information content (AvgIpc) is 2.27. The number of carbonyl (C=O) groups excluding carboxylic acids is 1. The molecule has 1 aromatic carbocycles. The maximum Gasteiger partial charge on any atom is 0.322 e. The van der Waals surface area contributed by atoms with Crippen LogP contribution in [0.1, 0.15) is 32.8 Å². The zero-order valence-corrected chi connectivity index (χ0v) is 10.7. The highest BCUT2D eigenvalue weighted by molar-refractivity contribution is 5.94. The molecule has 1 atom stereocenters. The van der Waals surface area contributed by atoms with Crippen LogP contribution in [0.2, 0.25) is 0 Å². The third-order valence-electron chi connectivity index (χ3n) is 3.15. The first-order chi connectivity index (χ1) is 8.09. The minimum atomic E-state index is 0.0136. The zero-order valence-electron chi connectivity index (χ0n) is 10.7. The molecule has 1 unspecified atom stereocenters. The highest BCUT2D eigenvalue weighted by Gasteiger charge is 2.27. The fraction of sp³-hybridized carbons (Fsp3) is 0.500. The molecule has 0 fully saturated rings. The van der Waals surface area contributed by atoms with E-state index in [-0.39, 0.29) is 18.1 Å². The van der Waals surface area contributed by atoms with Gasteiger partial charge in [-0.2, -0.15) is 0 Å². The van der Waals surface area contributed by atoms with Crippen LogP contribution in [0.5, 0.6) is 0 Å². The first-order valence-electron chi connectivity index (χ1n) is 6.27. The SMILES string of the molecule is CC(C)NC(=O)N1c2ccccc2CCC1C. The van der Waals surface area contributed by atoms with Gasteiger partial charge in [0.25, 0.3) is 0 Å². The second-order valence-corrected chi connectivity index (χ2v) is 4.99. The number of hydrogen-bond acceptors (Lipinski definition) is 1. The number of urea groups is 1. The van der Waals surface area contributed by atoms with Crippen LogP contribution in [0.3, 0.4) is 0 Å². The van der Waals surface area contributed by atoms with Crippen LogP contribution in [0.4, 0.5) is 10.5 Å². The highest BCUT2D eigenvalue weighted by atomic mass is 16.2. The average molecular weight is 232 g/mol. The van der Waals surface area contributed by atoms with Gasteiger partial charge < -0.3 is 5.32 Å². The lowest BCUT2D eigenvalue weighted by atomic mass is 9.97. The van der Waals surface area contributed by atoms with E-state index in [1.807, 2.05) is 36.9 Å². The van der Waals surface area contributed by atoms with Crippen LogP contribution in [0, 0.1) is 0 Å². The Morgan fingerprint density at radius 2 is 2.12 bits per heavy atom. The van der Waals surface area contributed by atoms with Crippen LogP contribution in [-0.4, -0.2) is 18.1 Å². The smallest absolute Gasteiger partial charge is 0.322 e. The second kappa shape index (κ2) is 4.78. The monoisotopic (exact) mass is 232 g/mol. The fourth-order valence-electron chi connectivity index (χ4n) is 2.31. The molecule has 92 valence electrons. The van der Waals surface area contributed by atoms with Crippen molar-refractivity contribution >= 4 is 11.7 Å². The lowest BCUT2D eigenvalue weighted by Gasteiger charge is -2.35. The largest absolute Gasteiger partial charge is 0.336 e. The molecule has 1 N–H and O–H groups in total. The first kappa shape index (κ1) is 12.0. The van der Waals surface area contributed by atoms with Crippen molar-refractivity contribution in [1.29, 1.82) is 0 Å². The van der Waals surface area contributed by atoms with Crippen LogP contribution in [0.15, 0.2) is 24.3 Å². The van der Waals surface area contributed by atoms with Gasteiger partial charge in [-0.1, -0.05) is 18.2 Å². The van der Waals surface area contributed by atoms with Crippen molar-refractivity contribution in [2.75, 3.05) is 4.90 Å². The van der Waals surface area contributed by atoms with E-state index in [4.69, 9.17) is 0 Å². The third kappa shape index (κ3) is 2.43. The van der Waals surface area contributed by atoms with Crippen molar-refractivity contribution in [2.24, 2.45) is 0 Å². The van der Waals surface area contributed by atoms with Crippen LogP contribution >= 0.6 is 0 Å². The van der Waals surface area contributed by atoms with Crippen molar-refractivity contribution in [3.63, 3.8) is 0 Å². The maximum absolute atomic E-state index is 12.2. The molecule has 0 saturated heterocycles. The minimum absolute atomic E-state index is 0.0136.